The molecule has 5 aromatic carbocycles. The number of fused-ring (bicyclic) bond motifs is 1. The van der Waals surface area contributed by atoms with Crippen LogP contribution in [-0.4, -0.2) is 0 Å². The van der Waals surface area contributed by atoms with Gasteiger partial charge in [-0.05, 0) is 68.4 Å². The van der Waals surface area contributed by atoms with E-state index < -0.39 is 0 Å². The number of nitrogens with zero attached hydrogens (tertiary/aromatic N) is 1. The summed E-state index contributed by atoms with van der Waals surface area (Å²) in [7, 11) is 0. The first kappa shape index (κ1) is 17.9. The van der Waals surface area contributed by atoms with Crippen LogP contribution in [0, 0.1) is 11.3 Å². The lowest BCUT2D eigenvalue weighted by molar-refractivity contribution is 1.48. The van der Waals surface area contributed by atoms with Crippen LogP contribution in [0.15, 0.2) is 115 Å². The summed E-state index contributed by atoms with van der Waals surface area (Å²) in [4.78, 5) is 0. The second-order valence-corrected chi connectivity index (χ2v) is 7.38. The summed E-state index contributed by atoms with van der Waals surface area (Å²) >= 11 is 0. The second-order valence-electron chi connectivity index (χ2n) is 7.38. The molecule has 5 aromatic rings. The second kappa shape index (κ2) is 7.70. The van der Waals surface area contributed by atoms with Crippen molar-refractivity contribution in [3.63, 3.8) is 0 Å². The van der Waals surface area contributed by atoms with Gasteiger partial charge in [-0.15, -0.1) is 0 Å². The van der Waals surface area contributed by atoms with E-state index in [1.54, 1.807) is 0 Å². The maximum atomic E-state index is 9.20. The molecule has 0 aliphatic rings. The minimum atomic E-state index is 0.680. The van der Waals surface area contributed by atoms with Gasteiger partial charge in [0.25, 0.3) is 0 Å². The Hall–Kier alpha value is -4.15. The van der Waals surface area contributed by atoms with Crippen molar-refractivity contribution in [3.8, 4) is 39.4 Å². The monoisotopic (exact) mass is 381 g/mol. The van der Waals surface area contributed by atoms with E-state index in [-0.39, 0.29) is 0 Å². The molecule has 0 amide bonds. The maximum absolute atomic E-state index is 9.20. The highest BCUT2D eigenvalue weighted by Crippen LogP contribution is 2.33. The van der Waals surface area contributed by atoms with E-state index in [4.69, 9.17) is 0 Å². The fourth-order valence-corrected chi connectivity index (χ4v) is 3.98. The molecule has 0 heterocycles. The molecule has 140 valence electrons. The summed E-state index contributed by atoms with van der Waals surface area (Å²) in [6, 6.07) is 42.1. The summed E-state index contributed by atoms with van der Waals surface area (Å²) in [5, 5.41) is 11.6. The Morgan fingerprint density at radius 1 is 0.467 bits per heavy atom. The molecule has 0 bridgehead atoms. The molecule has 0 saturated carbocycles. The van der Waals surface area contributed by atoms with Crippen molar-refractivity contribution in [1.29, 1.82) is 5.26 Å². The quantitative estimate of drug-likeness (QED) is 0.314. The van der Waals surface area contributed by atoms with E-state index in [1.807, 2.05) is 24.3 Å². The summed E-state index contributed by atoms with van der Waals surface area (Å²) in [6.45, 7) is 0. The molecule has 0 fully saturated rings. The van der Waals surface area contributed by atoms with Crippen LogP contribution < -0.4 is 0 Å². The zero-order valence-corrected chi connectivity index (χ0v) is 16.4. The fourth-order valence-electron chi connectivity index (χ4n) is 3.98. The standard InChI is InChI=1S/C29H19N/c30-20-21-7-4-10-23(17-21)25-15-16-29-27(19-25)13-6-14-28(29)26-12-5-11-24(18-26)22-8-2-1-3-9-22/h1-19H. The van der Waals surface area contributed by atoms with Crippen LogP contribution in [0.3, 0.4) is 0 Å². The van der Waals surface area contributed by atoms with E-state index >= 15 is 0 Å². The first-order valence-electron chi connectivity index (χ1n) is 10.0. The fraction of sp³-hybridized carbons (Fsp3) is 0. The largest absolute Gasteiger partial charge is 0.192 e. The SMILES string of the molecule is N#Cc1cccc(-c2ccc3c(-c4cccc(-c5ccccc5)c4)cccc3c2)c1. The molecule has 1 nitrogen and oxygen atoms in total. The maximum Gasteiger partial charge on any atom is 0.0991 e. The van der Waals surface area contributed by atoms with Gasteiger partial charge >= 0.3 is 0 Å². The molecule has 5 rings (SSSR count). The molecule has 0 atom stereocenters. The van der Waals surface area contributed by atoms with E-state index in [0.29, 0.717) is 5.56 Å². The van der Waals surface area contributed by atoms with Crippen molar-refractivity contribution in [1.82, 2.24) is 0 Å². The number of hydrogen-bond acceptors (Lipinski definition) is 1. The van der Waals surface area contributed by atoms with Gasteiger partial charge in [-0.3, -0.25) is 0 Å². The third kappa shape index (κ3) is 3.36. The number of rotatable bonds is 3. The highest BCUT2D eigenvalue weighted by molar-refractivity contribution is 5.99. The van der Waals surface area contributed by atoms with Gasteiger partial charge in [0.2, 0.25) is 0 Å². The summed E-state index contributed by atoms with van der Waals surface area (Å²) < 4.78 is 0. The van der Waals surface area contributed by atoms with Crippen molar-refractivity contribution in [2.45, 2.75) is 0 Å². The van der Waals surface area contributed by atoms with Gasteiger partial charge in [0.15, 0.2) is 0 Å². The van der Waals surface area contributed by atoms with Gasteiger partial charge in [0.05, 0.1) is 11.6 Å². The van der Waals surface area contributed by atoms with Gasteiger partial charge in [0, 0.05) is 0 Å². The Morgan fingerprint density at radius 2 is 1.13 bits per heavy atom. The lowest BCUT2D eigenvalue weighted by Crippen LogP contribution is -1.85. The summed E-state index contributed by atoms with van der Waals surface area (Å²) in [5.74, 6) is 0. The molecular formula is C29H19N. The van der Waals surface area contributed by atoms with Gasteiger partial charge in [-0.2, -0.15) is 5.26 Å². The van der Waals surface area contributed by atoms with E-state index in [2.05, 4.69) is 97.1 Å². The molecular weight excluding hydrogens is 362 g/mol. The highest BCUT2D eigenvalue weighted by Gasteiger charge is 2.07. The topological polar surface area (TPSA) is 23.8 Å². The van der Waals surface area contributed by atoms with Crippen molar-refractivity contribution in [2.75, 3.05) is 0 Å². The first-order valence-corrected chi connectivity index (χ1v) is 10.0. The summed E-state index contributed by atoms with van der Waals surface area (Å²) in [5.41, 5.74) is 7.74. The van der Waals surface area contributed by atoms with Crippen LogP contribution in [-0.2, 0) is 0 Å². The number of nitriles is 1. The van der Waals surface area contributed by atoms with Crippen LogP contribution in [0.1, 0.15) is 5.56 Å². The van der Waals surface area contributed by atoms with E-state index in [0.717, 1.165) is 11.1 Å². The normalized spacial score (nSPS) is 10.6. The molecule has 0 aliphatic carbocycles. The van der Waals surface area contributed by atoms with Crippen LogP contribution in [0.5, 0.6) is 0 Å². The lowest BCUT2D eigenvalue weighted by Gasteiger charge is -2.11. The van der Waals surface area contributed by atoms with Crippen molar-refractivity contribution in [2.24, 2.45) is 0 Å². The van der Waals surface area contributed by atoms with Crippen molar-refractivity contribution in [3.05, 3.63) is 121 Å². The van der Waals surface area contributed by atoms with Gasteiger partial charge < -0.3 is 0 Å². The molecule has 0 aromatic heterocycles. The van der Waals surface area contributed by atoms with Gasteiger partial charge in [-0.1, -0.05) is 91.0 Å². The first-order chi connectivity index (χ1) is 14.8. The Morgan fingerprint density at radius 3 is 1.97 bits per heavy atom. The van der Waals surface area contributed by atoms with Crippen LogP contribution in [0.4, 0.5) is 0 Å². The third-order valence-electron chi connectivity index (χ3n) is 5.49. The molecule has 30 heavy (non-hydrogen) atoms. The van der Waals surface area contributed by atoms with Crippen LogP contribution in [0.25, 0.3) is 44.2 Å². The molecule has 0 unspecified atom stereocenters. The molecule has 0 saturated heterocycles. The Balaban J connectivity index is 1.61. The number of hydrogen-bond donors (Lipinski definition) is 0. The smallest absolute Gasteiger partial charge is 0.0991 e. The Kier molecular flexibility index (Phi) is 4.60. The lowest BCUT2D eigenvalue weighted by atomic mass is 9.93. The molecule has 1 heteroatoms. The molecule has 0 radical (unpaired) electrons. The summed E-state index contributed by atoms with van der Waals surface area (Å²) in [6.07, 6.45) is 0. The van der Waals surface area contributed by atoms with Crippen LogP contribution in [0.2, 0.25) is 0 Å². The van der Waals surface area contributed by atoms with E-state index in [9.17, 15) is 5.26 Å². The number of benzene rings is 5. The van der Waals surface area contributed by atoms with Gasteiger partial charge in [-0.25, -0.2) is 0 Å². The van der Waals surface area contributed by atoms with E-state index in [1.165, 1.54) is 33.0 Å². The van der Waals surface area contributed by atoms with Crippen LogP contribution >= 0.6 is 0 Å². The highest BCUT2D eigenvalue weighted by atomic mass is 14.2. The molecule has 0 aliphatic heterocycles. The predicted octanol–water partition coefficient (Wildman–Crippen LogP) is 7.71. The van der Waals surface area contributed by atoms with Gasteiger partial charge in [0.1, 0.15) is 0 Å². The Bertz CT molecular complexity index is 1390. The average Bonchev–Trinajstić information content (AvgIpc) is 2.84. The Labute approximate surface area is 176 Å². The predicted molar refractivity (Wildman–Crippen MR) is 125 cm³/mol. The zero-order valence-electron chi connectivity index (χ0n) is 16.4. The van der Waals surface area contributed by atoms with Crippen molar-refractivity contribution >= 4 is 10.8 Å². The average molecular weight is 381 g/mol. The third-order valence-corrected chi connectivity index (χ3v) is 5.49. The minimum Gasteiger partial charge on any atom is -0.192 e. The van der Waals surface area contributed by atoms with Crippen molar-refractivity contribution < 1.29 is 0 Å². The molecule has 0 spiro atoms. The minimum absolute atomic E-state index is 0.680. The zero-order chi connectivity index (χ0) is 20.3. The molecule has 0 N–H and O–H groups in total.